The minimum atomic E-state index is 0.145. The number of amides is 1. The number of ether oxygens (including phenoxy) is 1. The molecule has 0 N–H and O–H groups in total. The van der Waals surface area contributed by atoms with Gasteiger partial charge in [-0.2, -0.15) is 0 Å². The molecule has 24 heavy (non-hydrogen) atoms. The molecule has 1 aliphatic heterocycles. The second-order valence-corrected chi connectivity index (χ2v) is 8.79. The smallest absolute Gasteiger partial charge is 0.223 e. The lowest BCUT2D eigenvalue weighted by Gasteiger charge is -2.26. The van der Waals surface area contributed by atoms with Gasteiger partial charge < -0.3 is 9.64 Å². The Kier molecular flexibility index (Phi) is 6.50. The molecule has 1 aromatic carbocycles. The Morgan fingerprint density at radius 3 is 2.83 bits per heavy atom. The number of rotatable bonds is 5. The molecule has 1 aliphatic carbocycles. The molecule has 5 heteroatoms. The molecule has 1 saturated carbocycles. The summed E-state index contributed by atoms with van der Waals surface area (Å²) < 4.78 is 6.26. The fourth-order valence-electron chi connectivity index (χ4n) is 3.78. The molecule has 3 rings (SSSR count). The Balaban J connectivity index is 1.61. The average molecular weight is 412 g/mol. The minimum Gasteiger partial charge on any atom is -0.496 e. The lowest BCUT2D eigenvalue weighted by atomic mass is 9.86. The highest BCUT2D eigenvalue weighted by molar-refractivity contribution is 9.10. The van der Waals surface area contributed by atoms with Crippen molar-refractivity contribution in [3.8, 4) is 5.75 Å². The van der Waals surface area contributed by atoms with Crippen molar-refractivity contribution in [1.82, 2.24) is 4.90 Å². The number of benzene rings is 1. The zero-order chi connectivity index (χ0) is 16.9. The summed E-state index contributed by atoms with van der Waals surface area (Å²) in [4.78, 5) is 14.8. The molecular weight excluding hydrogens is 386 g/mol. The van der Waals surface area contributed by atoms with Crippen LogP contribution in [0.1, 0.15) is 55.9 Å². The average Bonchev–Trinajstić information content (AvgIpc) is 3.10. The highest BCUT2D eigenvalue weighted by Gasteiger charge is 2.31. The second kappa shape index (κ2) is 8.61. The van der Waals surface area contributed by atoms with E-state index in [9.17, 15) is 4.79 Å². The molecule has 1 atom stereocenters. The molecule has 1 heterocycles. The van der Waals surface area contributed by atoms with Crippen LogP contribution in [0.3, 0.4) is 0 Å². The molecule has 132 valence electrons. The Morgan fingerprint density at radius 1 is 1.33 bits per heavy atom. The number of thioether (sulfide) groups is 1. The van der Waals surface area contributed by atoms with Crippen LogP contribution in [0.4, 0.5) is 0 Å². The van der Waals surface area contributed by atoms with E-state index in [0.29, 0.717) is 12.3 Å². The summed E-state index contributed by atoms with van der Waals surface area (Å²) in [5.41, 5.74) is 1.18. The quantitative estimate of drug-likeness (QED) is 0.649. The molecule has 3 nitrogen and oxygen atoms in total. The minimum absolute atomic E-state index is 0.145. The van der Waals surface area contributed by atoms with E-state index in [-0.39, 0.29) is 5.37 Å². The van der Waals surface area contributed by atoms with Crippen LogP contribution in [0.5, 0.6) is 5.75 Å². The van der Waals surface area contributed by atoms with Crippen LogP contribution in [0, 0.1) is 5.92 Å². The van der Waals surface area contributed by atoms with Gasteiger partial charge in [-0.05, 0) is 46.0 Å². The van der Waals surface area contributed by atoms with Gasteiger partial charge in [0.25, 0.3) is 0 Å². The van der Waals surface area contributed by atoms with Gasteiger partial charge in [0.2, 0.25) is 5.91 Å². The molecule has 0 spiro atoms. The van der Waals surface area contributed by atoms with Crippen LogP contribution < -0.4 is 4.74 Å². The first-order valence-corrected chi connectivity index (χ1v) is 10.8. The molecule has 0 aromatic heterocycles. The number of carbonyl (C=O) groups excluding carboxylic acids is 1. The number of carbonyl (C=O) groups is 1. The van der Waals surface area contributed by atoms with Gasteiger partial charge in [-0.1, -0.05) is 38.2 Å². The molecule has 1 unspecified atom stereocenters. The van der Waals surface area contributed by atoms with Gasteiger partial charge in [0, 0.05) is 18.7 Å². The maximum Gasteiger partial charge on any atom is 0.223 e. The molecule has 2 fully saturated rings. The normalized spacial score (nSPS) is 21.9. The van der Waals surface area contributed by atoms with Crippen LogP contribution >= 0.6 is 27.7 Å². The molecule has 1 saturated heterocycles. The number of methoxy groups -OCH3 is 1. The van der Waals surface area contributed by atoms with Crippen molar-refractivity contribution in [3.05, 3.63) is 28.2 Å². The monoisotopic (exact) mass is 411 g/mol. The topological polar surface area (TPSA) is 29.5 Å². The van der Waals surface area contributed by atoms with E-state index < -0.39 is 0 Å². The van der Waals surface area contributed by atoms with Gasteiger partial charge in [-0.3, -0.25) is 4.79 Å². The van der Waals surface area contributed by atoms with Crippen molar-refractivity contribution in [3.63, 3.8) is 0 Å². The van der Waals surface area contributed by atoms with E-state index in [1.165, 1.54) is 37.7 Å². The van der Waals surface area contributed by atoms with Crippen molar-refractivity contribution in [1.29, 1.82) is 0 Å². The van der Waals surface area contributed by atoms with Gasteiger partial charge >= 0.3 is 0 Å². The molecule has 0 radical (unpaired) electrons. The zero-order valence-corrected chi connectivity index (χ0v) is 16.7. The lowest BCUT2D eigenvalue weighted by Crippen LogP contribution is -2.30. The molecule has 2 aliphatic rings. The zero-order valence-electron chi connectivity index (χ0n) is 14.3. The van der Waals surface area contributed by atoms with Crippen molar-refractivity contribution in [2.24, 2.45) is 5.92 Å². The summed E-state index contributed by atoms with van der Waals surface area (Å²) in [5, 5.41) is 0.145. The summed E-state index contributed by atoms with van der Waals surface area (Å²) >= 11 is 5.42. The maximum absolute atomic E-state index is 12.8. The van der Waals surface area contributed by atoms with Crippen LogP contribution in [-0.2, 0) is 4.79 Å². The predicted molar refractivity (Wildman–Crippen MR) is 103 cm³/mol. The van der Waals surface area contributed by atoms with Crippen molar-refractivity contribution < 1.29 is 9.53 Å². The second-order valence-electron chi connectivity index (χ2n) is 6.75. The van der Waals surface area contributed by atoms with Gasteiger partial charge in [-0.25, -0.2) is 0 Å². The SMILES string of the molecule is COc1ccc(C2SCCN2C(=O)CCC2CCCCC2)cc1Br. The highest BCUT2D eigenvalue weighted by atomic mass is 79.9. The van der Waals surface area contributed by atoms with Crippen molar-refractivity contribution in [2.45, 2.75) is 50.3 Å². The lowest BCUT2D eigenvalue weighted by molar-refractivity contribution is -0.131. The summed E-state index contributed by atoms with van der Waals surface area (Å²) in [7, 11) is 1.67. The first-order valence-electron chi connectivity index (χ1n) is 8.93. The molecular formula is C19H26BrNO2S. The Bertz CT molecular complexity index is 574. The van der Waals surface area contributed by atoms with Crippen molar-refractivity contribution in [2.75, 3.05) is 19.4 Å². The van der Waals surface area contributed by atoms with E-state index >= 15 is 0 Å². The van der Waals surface area contributed by atoms with Gasteiger partial charge in [0.1, 0.15) is 11.1 Å². The van der Waals surface area contributed by atoms with E-state index in [1.54, 1.807) is 7.11 Å². The van der Waals surface area contributed by atoms with E-state index in [4.69, 9.17) is 4.74 Å². The third kappa shape index (κ3) is 4.29. The fourth-order valence-corrected chi connectivity index (χ4v) is 5.61. The summed E-state index contributed by atoms with van der Waals surface area (Å²) in [6, 6.07) is 6.14. The largest absolute Gasteiger partial charge is 0.496 e. The number of hydrogen-bond acceptors (Lipinski definition) is 3. The molecule has 0 bridgehead atoms. The highest BCUT2D eigenvalue weighted by Crippen LogP contribution is 2.41. The summed E-state index contributed by atoms with van der Waals surface area (Å²) in [5.74, 6) is 2.94. The fraction of sp³-hybridized carbons (Fsp3) is 0.632. The van der Waals surface area contributed by atoms with E-state index in [1.807, 2.05) is 17.8 Å². The number of halogens is 1. The van der Waals surface area contributed by atoms with Gasteiger partial charge in [0.05, 0.1) is 11.6 Å². The Morgan fingerprint density at radius 2 is 2.12 bits per heavy atom. The standard InChI is InChI=1S/C19H26BrNO2S/c1-23-17-9-8-15(13-16(17)20)19-21(11-12-24-19)18(22)10-7-14-5-3-2-4-6-14/h8-9,13-14,19H,2-7,10-12H2,1H3. The van der Waals surface area contributed by atoms with Crippen LogP contribution in [0.15, 0.2) is 22.7 Å². The number of nitrogens with zero attached hydrogens (tertiary/aromatic N) is 1. The maximum atomic E-state index is 12.8. The number of hydrogen-bond donors (Lipinski definition) is 0. The van der Waals surface area contributed by atoms with Crippen molar-refractivity contribution >= 4 is 33.6 Å². The van der Waals surface area contributed by atoms with Crippen LogP contribution in [0.2, 0.25) is 0 Å². The first kappa shape index (κ1) is 18.1. The van der Waals surface area contributed by atoms with E-state index in [2.05, 4.69) is 33.0 Å². The summed E-state index contributed by atoms with van der Waals surface area (Å²) in [6.07, 6.45) is 8.48. The predicted octanol–water partition coefficient (Wildman–Crippen LogP) is 5.39. The third-order valence-electron chi connectivity index (χ3n) is 5.16. The van der Waals surface area contributed by atoms with Crippen LogP contribution in [0.25, 0.3) is 0 Å². The molecule has 1 aromatic rings. The van der Waals surface area contributed by atoms with E-state index in [0.717, 1.165) is 34.9 Å². The first-order chi connectivity index (χ1) is 11.7. The summed E-state index contributed by atoms with van der Waals surface area (Å²) in [6.45, 7) is 0.864. The Labute approximate surface area is 157 Å². The van der Waals surface area contributed by atoms with Gasteiger partial charge in [0.15, 0.2) is 0 Å². The van der Waals surface area contributed by atoms with Crippen LogP contribution in [-0.4, -0.2) is 30.2 Å². The molecule has 1 amide bonds. The van der Waals surface area contributed by atoms with Gasteiger partial charge in [-0.15, -0.1) is 11.8 Å². The third-order valence-corrected chi connectivity index (χ3v) is 7.04. The Hall–Kier alpha value is -0.680.